The van der Waals surface area contributed by atoms with Crippen LogP contribution in [-0.4, -0.2) is 43.6 Å². The molecule has 0 saturated carbocycles. The van der Waals surface area contributed by atoms with Gasteiger partial charge in [0.2, 0.25) is 0 Å². The van der Waals surface area contributed by atoms with E-state index in [1.807, 2.05) is 0 Å². The van der Waals surface area contributed by atoms with Gasteiger partial charge >= 0.3 is 88.7 Å². The van der Waals surface area contributed by atoms with E-state index in [1.54, 1.807) is 15.2 Å². The molecule has 0 spiro atoms. The van der Waals surface area contributed by atoms with Gasteiger partial charge in [0.15, 0.2) is 0 Å². The zero-order valence-corrected chi connectivity index (χ0v) is 10.8. The molecule has 11 heavy (non-hydrogen) atoms. The van der Waals surface area contributed by atoms with Crippen LogP contribution in [0.4, 0.5) is 0 Å². The summed E-state index contributed by atoms with van der Waals surface area (Å²) in [5, 5.41) is 2.24. The molecule has 0 aromatic carbocycles. The van der Waals surface area contributed by atoms with Crippen LogP contribution in [0.1, 0.15) is 12.8 Å². The van der Waals surface area contributed by atoms with Crippen LogP contribution in [0.25, 0.3) is 0 Å². The van der Waals surface area contributed by atoms with E-state index < -0.39 is 0 Å². The topological polar surface area (TPSA) is 0 Å². The van der Waals surface area contributed by atoms with Crippen LogP contribution >= 0.6 is 23.5 Å². The molecule has 2 rings (SSSR count). The number of rotatable bonds is 6. The summed E-state index contributed by atoms with van der Waals surface area (Å²) in [7, 11) is 0. The SMILES string of the molecule is C([CH2][Sb][CH2]C1CS1)CC1CS1. The molecular formula is C8H14S2Sb. The van der Waals surface area contributed by atoms with E-state index in [4.69, 9.17) is 0 Å². The van der Waals surface area contributed by atoms with Gasteiger partial charge in [0.1, 0.15) is 0 Å². The Morgan fingerprint density at radius 3 is 2.55 bits per heavy atom. The summed E-state index contributed by atoms with van der Waals surface area (Å²) in [6.45, 7) is 0. The first-order valence-corrected chi connectivity index (χ1v) is 10.0. The predicted octanol–water partition coefficient (Wildman–Crippen LogP) is 2.54. The molecule has 0 amide bonds. The minimum atomic E-state index is 0.292. The first-order valence-electron chi connectivity index (χ1n) is 4.31. The molecule has 2 aliphatic heterocycles. The molecule has 0 nitrogen and oxygen atoms in total. The summed E-state index contributed by atoms with van der Waals surface area (Å²) in [5.74, 6) is 2.97. The average molecular weight is 296 g/mol. The van der Waals surface area contributed by atoms with Gasteiger partial charge in [0, 0.05) is 0 Å². The molecule has 1 radical (unpaired) electrons. The molecule has 0 aromatic heterocycles. The van der Waals surface area contributed by atoms with E-state index in [0.29, 0.717) is 21.6 Å². The van der Waals surface area contributed by atoms with Gasteiger partial charge in [-0.2, -0.15) is 0 Å². The fraction of sp³-hybridized carbons (Fsp3) is 1.00. The van der Waals surface area contributed by atoms with E-state index in [0.717, 1.165) is 10.5 Å². The molecule has 3 heteroatoms. The van der Waals surface area contributed by atoms with Gasteiger partial charge in [-0.15, -0.1) is 0 Å². The first-order chi connectivity index (χ1) is 5.45. The molecular weight excluding hydrogens is 282 g/mol. The van der Waals surface area contributed by atoms with E-state index in [9.17, 15) is 0 Å². The Bertz CT molecular complexity index is 107. The molecule has 63 valence electrons. The van der Waals surface area contributed by atoms with Gasteiger partial charge < -0.3 is 0 Å². The van der Waals surface area contributed by atoms with Gasteiger partial charge in [-0.1, -0.05) is 0 Å². The zero-order chi connectivity index (χ0) is 7.52. The Kier molecular flexibility index (Phi) is 3.86. The van der Waals surface area contributed by atoms with Crippen LogP contribution in [0.5, 0.6) is 0 Å². The number of thioether (sulfide) groups is 2. The van der Waals surface area contributed by atoms with Crippen molar-refractivity contribution in [3.63, 3.8) is 0 Å². The van der Waals surface area contributed by atoms with Crippen LogP contribution in [0.15, 0.2) is 0 Å². The Morgan fingerprint density at radius 2 is 1.91 bits per heavy atom. The van der Waals surface area contributed by atoms with Crippen LogP contribution < -0.4 is 0 Å². The van der Waals surface area contributed by atoms with Crippen molar-refractivity contribution in [2.24, 2.45) is 0 Å². The summed E-state index contributed by atoms with van der Waals surface area (Å²) in [6, 6.07) is 0. The second-order valence-corrected chi connectivity index (χ2v) is 9.44. The fourth-order valence-corrected chi connectivity index (χ4v) is 7.07. The third kappa shape index (κ3) is 4.33. The Morgan fingerprint density at radius 1 is 1.18 bits per heavy atom. The summed E-state index contributed by atoms with van der Waals surface area (Å²) in [4.78, 5) is 0. The second-order valence-electron chi connectivity index (χ2n) is 3.18. The summed E-state index contributed by atoms with van der Waals surface area (Å²) >= 11 is 4.63. The van der Waals surface area contributed by atoms with Crippen molar-refractivity contribution in [2.75, 3.05) is 11.5 Å². The van der Waals surface area contributed by atoms with Crippen molar-refractivity contribution in [1.82, 2.24) is 0 Å². The maximum absolute atomic E-state index is 2.18. The molecule has 0 aliphatic carbocycles. The predicted molar refractivity (Wildman–Crippen MR) is 57.1 cm³/mol. The van der Waals surface area contributed by atoms with E-state index in [1.165, 1.54) is 17.9 Å². The third-order valence-corrected chi connectivity index (χ3v) is 8.53. The summed E-state index contributed by atoms with van der Waals surface area (Å²) < 4.78 is 3.30. The first kappa shape index (κ1) is 9.09. The van der Waals surface area contributed by atoms with Crippen molar-refractivity contribution < 1.29 is 0 Å². The van der Waals surface area contributed by atoms with Gasteiger partial charge in [-0.3, -0.25) is 0 Å². The van der Waals surface area contributed by atoms with Crippen molar-refractivity contribution in [3.05, 3.63) is 0 Å². The minimum absolute atomic E-state index is 0.292. The third-order valence-electron chi connectivity index (χ3n) is 1.98. The van der Waals surface area contributed by atoms with Gasteiger partial charge in [0.05, 0.1) is 0 Å². The number of hydrogen-bond donors (Lipinski definition) is 0. The van der Waals surface area contributed by atoms with Crippen molar-refractivity contribution in [3.8, 4) is 0 Å². The average Bonchev–Trinajstić information content (AvgIpc) is 2.83. The monoisotopic (exact) mass is 295 g/mol. The quantitative estimate of drug-likeness (QED) is 0.420. The molecule has 0 bridgehead atoms. The van der Waals surface area contributed by atoms with E-state index >= 15 is 0 Å². The summed E-state index contributed by atoms with van der Waals surface area (Å²) in [6.07, 6.45) is 3.10. The maximum atomic E-state index is 2.18. The normalized spacial score (nSPS) is 33.8. The Balaban J connectivity index is 1.35. The van der Waals surface area contributed by atoms with Crippen LogP contribution in [0.2, 0.25) is 8.73 Å². The Labute approximate surface area is 88.2 Å². The van der Waals surface area contributed by atoms with Crippen molar-refractivity contribution in [1.29, 1.82) is 0 Å². The molecule has 2 heterocycles. The second kappa shape index (κ2) is 4.67. The van der Waals surface area contributed by atoms with Crippen molar-refractivity contribution in [2.45, 2.75) is 32.1 Å². The van der Waals surface area contributed by atoms with Gasteiger partial charge in [-0.25, -0.2) is 0 Å². The number of hydrogen-bond acceptors (Lipinski definition) is 2. The molecule has 2 unspecified atom stereocenters. The Hall–Kier alpha value is 1.52. The molecule has 0 aromatic rings. The molecule has 2 aliphatic rings. The standard InChI is InChI=1S/C5H9S.C3H5S.Sb/c1-2-3-5-4-6-5;1-3-2-4-3;/h5H,1-4H2;3H,1-2H2;. The van der Waals surface area contributed by atoms with E-state index in [2.05, 4.69) is 23.5 Å². The molecule has 2 fully saturated rings. The fourth-order valence-electron chi connectivity index (χ4n) is 1.07. The molecule has 2 saturated heterocycles. The van der Waals surface area contributed by atoms with Crippen molar-refractivity contribution >= 4 is 45.1 Å². The van der Waals surface area contributed by atoms with Crippen LogP contribution in [0.3, 0.4) is 0 Å². The van der Waals surface area contributed by atoms with Gasteiger partial charge in [0.25, 0.3) is 0 Å². The van der Waals surface area contributed by atoms with Crippen LogP contribution in [0, 0.1) is 0 Å². The van der Waals surface area contributed by atoms with E-state index in [-0.39, 0.29) is 0 Å². The summed E-state index contributed by atoms with van der Waals surface area (Å²) in [5.41, 5.74) is 0. The molecule has 2 atom stereocenters. The van der Waals surface area contributed by atoms with Gasteiger partial charge in [-0.05, 0) is 0 Å². The van der Waals surface area contributed by atoms with Crippen LogP contribution in [-0.2, 0) is 0 Å². The zero-order valence-electron chi connectivity index (χ0n) is 6.66. The molecule has 0 N–H and O–H groups in total.